The fraction of sp³-hybridized carbons (Fsp3) is 0.800. The van der Waals surface area contributed by atoms with Crippen molar-refractivity contribution in [1.82, 2.24) is 14.8 Å². The molecule has 1 saturated heterocycles. The first-order chi connectivity index (χ1) is 7.33. The second-order valence-corrected chi connectivity index (χ2v) is 5.47. The lowest BCUT2D eigenvalue weighted by Gasteiger charge is -2.16. The molecule has 2 atom stereocenters. The maximum absolute atomic E-state index is 9.54. The van der Waals surface area contributed by atoms with Gasteiger partial charge in [0.1, 0.15) is 5.82 Å². The van der Waals surface area contributed by atoms with Crippen molar-refractivity contribution in [3.8, 4) is 0 Å². The van der Waals surface area contributed by atoms with Crippen LogP contribution in [0.4, 0.5) is 0 Å². The number of aliphatic hydroxyl groups excluding tert-OH is 1. The van der Waals surface area contributed by atoms with Crippen LogP contribution < -0.4 is 0 Å². The zero-order valence-corrected chi connectivity index (χ0v) is 9.41. The molecule has 5 heteroatoms. The predicted molar refractivity (Wildman–Crippen MR) is 59.0 cm³/mol. The normalized spacial score (nSPS) is 30.5. The quantitative estimate of drug-likeness (QED) is 0.768. The highest BCUT2D eigenvalue weighted by molar-refractivity contribution is 7.99. The van der Waals surface area contributed by atoms with Gasteiger partial charge >= 0.3 is 0 Å². The maximum Gasteiger partial charge on any atom is 0.154 e. The van der Waals surface area contributed by atoms with Gasteiger partial charge in [-0.2, -0.15) is 16.9 Å². The molecular weight excluding hydrogens is 210 g/mol. The molecule has 15 heavy (non-hydrogen) atoms. The van der Waals surface area contributed by atoms with Crippen molar-refractivity contribution in [3.63, 3.8) is 0 Å². The number of hydrogen-bond donors (Lipinski definition) is 1. The molecule has 0 aliphatic carbocycles. The summed E-state index contributed by atoms with van der Waals surface area (Å²) < 4.78 is 1.90. The van der Waals surface area contributed by atoms with Crippen molar-refractivity contribution in [1.29, 1.82) is 0 Å². The topological polar surface area (TPSA) is 50.9 Å². The molecule has 0 saturated carbocycles. The molecule has 0 spiro atoms. The van der Waals surface area contributed by atoms with E-state index >= 15 is 0 Å². The van der Waals surface area contributed by atoms with Crippen LogP contribution in [0.15, 0.2) is 0 Å². The van der Waals surface area contributed by atoms with E-state index in [4.69, 9.17) is 0 Å². The Kier molecular flexibility index (Phi) is 2.44. The lowest BCUT2D eigenvalue weighted by molar-refractivity contribution is 0.124. The van der Waals surface area contributed by atoms with E-state index in [1.54, 1.807) is 0 Å². The second-order valence-electron chi connectivity index (χ2n) is 4.32. The number of nitrogens with zero attached hydrogens (tertiary/aromatic N) is 3. The highest BCUT2D eigenvalue weighted by atomic mass is 32.2. The molecule has 1 aromatic rings. The Bertz CT molecular complexity index is 360. The Hall–Kier alpha value is -0.550. The zero-order chi connectivity index (χ0) is 10.3. The predicted octanol–water partition coefficient (Wildman–Crippen LogP) is 0.806. The van der Waals surface area contributed by atoms with Gasteiger partial charge < -0.3 is 5.11 Å². The monoisotopic (exact) mass is 225 g/mol. The average Bonchev–Trinajstić information content (AvgIpc) is 2.84. The molecule has 0 aromatic carbocycles. The van der Waals surface area contributed by atoms with Crippen LogP contribution >= 0.6 is 11.8 Å². The molecule has 1 fully saturated rings. The highest BCUT2D eigenvalue weighted by Crippen LogP contribution is 2.31. The number of hydrogen-bond acceptors (Lipinski definition) is 4. The van der Waals surface area contributed by atoms with Gasteiger partial charge in [0.25, 0.3) is 0 Å². The molecule has 2 aliphatic heterocycles. The summed E-state index contributed by atoms with van der Waals surface area (Å²) in [6.45, 7) is 0.627. The number of aromatic nitrogens is 3. The lowest BCUT2D eigenvalue weighted by Crippen LogP contribution is -2.25. The van der Waals surface area contributed by atoms with E-state index in [2.05, 4.69) is 10.1 Å². The van der Waals surface area contributed by atoms with Crippen LogP contribution in [0, 0.1) is 0 Å². The number of aryl methyl sites for hydroxylation is 1. The van der Waals surface area contributed by atoms with Crippen molar-refractivity contribution in [2.24, 2.45) is 0 Å². The van der Waals surface area contributed by atoms with E-state index < -0.39 is 0 Å². The van der Waals surface area contributed by atoms with E-state index in [1.165, 1.54) is 12.2 Å². The number of rotatable bonds is 1. The van der Waals surface area contributed by atoms with Crippen LogP contribution in [0.2, 0.25) is 0 Å². The van der Waals surface area contributed by atoms with Gasteiger partial charge in [0.15, 0.2) is 5.82 Å². The molecule has 1 N–H and O–H groups in total. The van der Waals surface area contributed by atoms with Crippen LogP contribution in [-0.2, 0) is 13.0 Å². The van der Waals surface area contributed by atoms with Gasteiger partial charge in [0.05, 0.1) is 12.6 Å². The molecule has 3 heterocycles. The minimum atomic E-state index is -0.231. The Morgan fingerprint density at radius 2 is 2.33 bits per heavy atom. The van der Waals surface area contributed by atoms with Crippen LogP contribution in [-0.4, -0.2) is 37.5 Å². The number of aliphatic hydroxyl groups is 1. The second kappa shape index (κ2) is 3.79. The maximum atomic E-state index is 9.54. The Morgan fingerprint density at radius 3 is 3.13 bits per heavy atom. The summed E-state index contributed by atoms with van der Waals surface area (Å²) in [5, 5.41) is 14.1. The number of thioether (sulfide) groups is 1. The largest absolute Gasteiger partial charge is 0.391 e. The third-order valence-electron chi connectivity index (χ3n) is 3.14. The summed E-state index contributed by atoms with van der Waals surface area (Å²) >= 11 is 1.98. The lowest BCUT2D eigenvalue weighted by atomic mass is 10.1. The fourth-order valence-corrected chi connectivity index (χ4v) is 3.44. The van der Waals surface area contributed by atoms with Crippen LogP contribution in [0.3, 0.4) is 0 Å². The van der Waals surface area contributed by atoms with Gasteiger partial charge in [0, 0.05) is 18.1 Å². The Labute approximate surface area is 93.1 Å². The molecule has 1 aromatic heterocycles. The average molecular weight is 225 g/mol. The van der Waals surface area contributed by atoms with E-state index in [0.29, 0.717) is 12.5 Å². The van der Waals surface area contributed by atoms with Crippen LogP contribution in [0.5, 0.6) is 0 Å². The van der Waals surface area contributed by atoms with Gasteiger partial charge in [-0.15, -0.1) is 0 Å². The van der Waals surface area contributed by atoms with Gasteiger partial charge in [0.2, 0.25) is 0 Å². The summed E-state index contributed by atoms with van der Waals surface area (Å²) in [6.07, 6.45) is 2.67. The zero-order valence-electron chi connectivity index (χ0n) is 8.59. The Morgan fingerprint density at radius 1 is 1.40 bits per heavy atom. The van der Waals surface area contributed by atoms with Crippen molar-refractivity contribution in [2.75, 3.05) is 11.5 Å². The summed E-state index contributed by atoms with van der Waals surface area (Å²) in [7, 11) is 0. The van der Waals surface area contributed by atoms with Crippen LogP contribution in [0.25, 0.3) is 0 Å². The van der Waals surface area contributed by atoms with Crippen molar-refractivity contribution in [3.05, 3.63) is 11.6 Å². The van der Waals surface area contributed by atoms with Gasteiger partial charge in [-0.3, -0.25) is 0 Å². The molecule has 0 bridgehead atoms. The minimum Gasteiger partial charge on any atom is -0.391 e. The molecule has 0 amide bonds. The van der Waals surface area contributed by atoms with Crippen LogP contribution in [0.1, 0.15) is 30.4 Å². The molecular formula is C10H15N3OS. The minimum absolute atomic E-state index is 0.231. The standard InChI is InChI=1S/C10H15N3OS/c14-8-1-2-9-11-10(12-13(9)5-8)7-3-4-15-6-7/h7-8,14H,1-6H2. The summed E-state index contributed by atoms with van der Waals surface area (Å²) in [4.78, 5) is 4.59. The smallest absolute Gasteiger partial charge is 0.154 e. The van der Waals surface area contributed by atoms with Crippen molar-refractivity contribution in [2.45, 2.75) is 37.8 Å². The van der Waals surface area contributed by atoms with Gasteiger partial charge in [-0.1, -0.05) is 0 Å². The highest BCUT2D eigenvalue weighted by Gasteiger charge is 2.25. The van der Waals surface area contributed by atoms with Crippen molar-refractivity contribution >= 4 is 11.8 Å². The van der Waals surface area contributed by atoms with E-state index in [0.717, 1.165) is 30.2 Å². The first-order valence-electron chi connectivity index (χ1n) is 5.52. The molecule has 3 rings (SSSR count). The van der Waals surface area contributed by atoms with E-state index in [-0.39, 0.29) is 6.10 Å². The SMILES string of the molecule is OC1CCc2nc(C3CCSC3)nn2C1. The first-order valence-corrected chi connectivity index (χ1v) is 6.68. The van der Waals surface area contributed by atoms with Gasteiger partial charge in [-0.05, 0) is 18.6 Å². The summed E-state index contributed by atoms with van der Waals surface area (Å²) in [5.74, 6) is 5.00. The fourth-order valence-electron chi connectivity index (χ4n) is 2.22. The third-order valence-corrected chi connectivity index (χ3v) is 4.31. The van der Waals surface area contributed by atoms with Crippen molar-refractivity contribution < 1.29 is 5.11 Å². The third kappa shape index (κ3) is 1.78. The molecule has 0 radical (unpaired) electrons. The van der Waals surface area contributed by atoms with Gasteiger partial charge in [-0.25, -0.2) is 9.67 Å². The summed E-state index contributed by atoms with van der Waals surface area (Å²) in [6, 6.07) is 0. The molecule has 82 valence electrons. The molecule has 2 aliphatic rings. The van der Waals surface area contributed by atoms with E-state index in [9.17, 15) is 5.11 Å². The Balaban J connectivity index is 1.85. The summed E-state index contributed by atoms with van der Waals surface area (Å²) in [5.41, 5.74) is 0. The van der Waals surface area contributed by atoms with E-state index in [1.807, 2.05) is 16.4 Å². The first kappa shape index (κ1) is 9.66. The number of fused-ring (bicyclic) bond motifs is 1. The molecule has 2 unspecified atom stereocenters. The molecule has 4 nitrogen and oxygen atoms in total.